The first-order chi connectivity index (χ1) is 15.4. The number of unbranched alkanes of at least 4 members (excludes halogenated alkanes) is 15. The van der Waals surface area contributed by atoms with Crippen LogP contribution in [-0.4, -0.2) is 33.9 Å². The first-order valence-electron chi connectivity index (χ1n) is 13.6. The third-order valence-corrected chi connectivity index (χ3v) is 6.39. The van der Waals surface area contributed by atoms with Gasteiger partial charge in [0.15, 0.2) is 5.60 Å². The van der Waals surface area contributed by atoms with Crippen LogP contribution in [0, 0.1) is 0 Å². The predicted molar refractivity (Wildman–Crippen MR) is 131 cm³/mol. The second-order valence-corrected chi connectivity index (χ2v) is 9.41. The Balaban J connectivity index is 3.93. The zero-order valence-electron chi connectivity index (χ0n) is 21.3. The number of hydrogen-bond acceptors (Lipinski definition) is 5. The van der Waals surface area contributed by atoms with Crippen molar-refractivity contribution in [1.29, 1.82) is 0 Å². The van der Waals surface area contributed by atoms with Crippen LogP contribution < -0.4 is 0 Å². The molecule has 0 aromatic rings. The molecule has 0 fully saturated rings. The highest BCUT2D eigenvalue weighted by Gasteiger charge is 2.44. The summed E-state index contributed by atoms with van der Waals surface area (Å²) in [7, 11) is 0. The van der Waals surface area contributed by atoms with E-state index >= 15 is 0 Å². The molecule has 0 saturated heterocycles. The molecule has 0 rings (SSSR count). The highest BCUT2D eigenvalue weighted by atomic mass is 16.6. The summed E-state index contributed by atoms with van der Waals surface area (Å²) in [5.41, 5.74) is -1.99. The van der Waals surface area contributed by atoms with Crippen molar-refractivity contribution in [2.45, 2.75) is 161 Å². The molecule has 0 aromatic heterocycles. The Hall–Kier alpha value is -0.940. The Bertz CT molecular complexity index is 465. The first-order valence-corrected chi connectivity index (χ1v) is 13.6. The number of carbonyl (C=O) groups is 2. The van der Waals surface area contributed by atoms with Crippen LogP contribution in [0.4, 0.5) is 0 Å². The maximum Gasteiger partial charge on any atom is 0.348 e. The average molecular weight is 457 g/mol. The summed E-state index contributed by atoms with van der Waals surface area (Å²) in [6.07, 6.45) is 18.7. The quantitative estimate of drug-likeness (QED) is 0.104. The summed E-state index contributed by atoms with van der Waals surface area (Å²) in [5.74, 6) is -1.60. The minimum Gasteiger partial charge on any atom is -0.391 e. The monoisotopic (exact) mass is 456 g/mol. The van der Waals surface area contributed by atoms with Gasteiger partial charge in [-0.2, -0.15) is 0 Å². The number of aliphatic hydroxyl groups is 2. The Morgan fingerprint density at radius 2 is 1.09 bits per heavy atom. The highest BCUT2D eigenvalue weighted by molar-refractivity contribution is 5.90. The van der Waals surface area contributed by atoms with E-state index in [1.54, 1.807) is 6.92 Å². The van der Waals surface area contributed by atoms with Crippen molar-refractivity contribution in [3.05, 3.63) is 0 Å². The van der Waals surface area contributed by atoms with Gasteiger partial charge in [0.1, 0.15) is 0 Å². The summed E-state index contributed by atoms with van der Waals surface area (Å²) >= 11 is 0. The van der Waals surface area contributed by atoms with Crippen LogP contribution in [0.3, 0.4) is 0 Å². The lowest BCUT2D eigenvalue weighted by Gasteiger charge is -2.29. The van der Waals surface area contributed by atoms with E-state index in [0.29, 0.717) is 12.8 Å². The fraction of sp³-hybridized carbons (Fsp3) is 0.926. The van der Waals surface area contributed by atoms with E-state index < -0.39 is 23.6 Å². The molecule has 0 spiro atoms. The van der Waals surface area contributed by atoms with Crippen LogP contribution in [0.1, 0.15) is 149 Å². The van der Waals surface area contributed by atoms with Crippen molar-refractivity contribution < 1.29 is 24.5 Å². The fourth-order valence-corrected chi connectivity index (χ4v) is 4.09. The SMILES string of the molecule is CCCCCCCCCCCCCCCC(=O)OC(=O)C(O)(CCCCCC)C(O)CC. The highest BCUT2D eigenvalue weighted by Crippen LogP contribution is 2.24. The van der Waals surface area contributed by atoms with E-state index in [0.717, 1.165) is 32.1 Å². The molecule has 32 heavy (non-hydrogen) atoms. The van der Waals surface area contributed by atoms with Gasteiger partial charge in [-0.1, -0.05) is 117 Å². The summed E-state index contributed by atoms with van der Waals surface area (Å²) in [6.45, 7) is 6.03. The molecule has 2 unspecified atom stereocenters. The fourth-order valence-electron chi connectivity index (χ4n) is 4.09. The molecule has 0 amide bonds. The van der Waals surface area contributed by atoms with Crippen molar-refractivity contribution in [2.24, 2.45) is 0 Å². The zero-order chi connectivity index (χ0) is 24.1. The van der Waals surface area contributed by atoms with Crippen LogP contribution in [-0.2, 0) is 14.3 Å². The molecule has 0 saturated carbocycles. The van der Waals surface area contributed by atoms with Crippen LogP contribution in [0.15, 0.2) is 0 Å². The number of ether oxygens (including phenoxy) is 1. The maximum atomic E-state index is 12.4. The Kier molecular flexibility index (Phi) is 20.0. The molecule has 5 heteroatoms. The lowest BCUT2D eigenvalue weighted by atomic mass is 9.88. The van der Waals surface area contributed by atoms with Crippen LogP contribution in [0.2, 0.25) is 0 Å². The van der Waals surface area contributed by atoms with E-state index in [2.05, 4.69) is 13.8 Å². The van der Waals surface area contributed by atoms with E-state index in [1.165, 1.54) is 64.2 Å². The lowest BCUT2D eigenvalue weighted by molar-refractivity contribution is -0.185. The Morgan fingerprint density at radius 1 is 0.688 bits per heavy atom. The lowest BCUT2D eigenvalue weighted by Crippen LogP contribution is -2.50. The number of aliphatic hydroxyl groups excluding tert-OH is 1. The average Bonchev–Trinajstić information content (AvgIpc) is 2.78. The second kappa shape index (κ2) is 20.7. The Morgan fingerprint density at radius 3 is 1.53 bits per heavy atom. The van der Waals surface area contributed by atoms with Gasteiger partial charge >= 0.3 is 11.9 Å². The molecule has 0 heterocycles. The topological polar surface area (TPSA) is 83.8 Å². The molecule has 0 bridgehead atoms. The predicted octanol–water partition coefficient (Wildman–Crippen LogP) is 7.01. The number of rotatable bonds is 22. The van der Waals surface area contributed by atoms with Crippen molar-refractivity contribution in [2.75, 3.05) is 0 Å². The smallest absolute Gasteiger partial charge is 0.348 e. The van der Waals surface area contributed by atoms with Gasteiger partial charge in [0.05, 0.1) is 6.10 Å². The number of hydrogen-bond donors (Lipinski definition) is 2. The third kappa shape index (κ3) is 15.0. The molecule has 5 nitrogen and oxygen atoms in total. The van der Waals surface area contributed by atoms with Crippen LogP contribution >= 0.6 is 0 Å². The van der Waals surface area contributed by atoms with E-state index in [-0.39, 0.29) is 19.3 Å². The Labute approximate surface area is 197 Å². The van der Waals surface area contributed by atoms with Gasteiger partial charge in [-0.3, -0.25) is 4.79 Å². The van der Waals surface area contributed by atoms with Crippen molar-refractivity contribution in [3.63, 3.8) is 0 Å². The molecular weight excluding hydrogens is 404 g/mol. The molecule has 0 aliphatic rings. The summed E-state index contributed by atoms with van der Waals surface area (Å²) in [4.78, 5) is 24.5. The summed E-state index contributed by atoms with van der Waals surface area (Å²) in [6, 6.07) is 0. The van der Waals surface area contributed by atoms with Crippen LogP contribution in [0.5, 0.6) is 0 Å². The van der Waals surface area contributed by atoms with Gasteiger partial charge in [0, 0.05) is 6.42 Å². The molecule has 0 aromatic carbocycles. The minimum absolute atomic E-state index is 0.118. The van der Waals surface area contributed by atoms with Crippen molar-refractivity contribution >= 4 is 11.9 Å². The normalized spacial score (nSPS) is 14.2. The first kappa shape index (κ1) is 31.1. The third-order valence-electron chi connectivity index (χ3n) is 6.39. The molecule has 2 N–H and O–H groups in total. The van der Waals surface area contributed by atoms with Crippen molar-refractivity contribution in [3.8, 4) is 0 Å². The molecule has 0 aliphatic heterocycles. The molecule has 2 atom stereocenters. The van der Waals surface area contributed by atoms with Gasteiger partial charge in [-0.15, -0.1) is 0 Å². The van der Waals surface area contributed by atoms with Crippen LogP contribution in [0.25, 0.3) is 0 Å². The molecular formula is C27H52O5. The second-order valence-electron chi connectivity index (χ2n) is 9.41. The molecule has 190 valence electrons. The maximum absolute atomic E-state index is 12.4. The number of esters is 2. The van der Waals surface area contributed by atoms with Gasteiger partial charge < -0.3 is 14.9 Å². The zero-order valence-corrected chi connectivity index (χ0v) is 21.3. The standard InChI is InChI=1S/C27H52O5/c1-4-7-9-11-12-13-14-15-16-17-18-19-20-22-25(29)32-26(30)27(31,24(28)6-3)23-21-10-8-5-2/h24,28,31H,4-23H2,1-3H3. The van der Waals surface area contributed by atoms with E-state index in [4.69, 9.17) is 4.74 Å². The largest absolute Gasteiger partial charge is 0.391 e. The van der Waals surface area contributed by atoms with Gasteiger partial charge in [-0.25, -0.2) is 4.79 Å². The number of carbonyl (C=O) groups excluding carboxylic acids is 2. The summed E-state index contributed by atoms with van der Waals surface area (Å²) in [5, 5.41) is 20.9. The van der Waals surface area contributed by atoms with Gasteiger partial charge in [0.2, 0.25) is 0 Å². The molecule has 0 radical (unpaired) electrons. The molecule has 0 aliphatic carbocycles. The summed E-state index contributed by atoms with van der Waals surface area (Å²) < 4.78 is 4.91. The van der Waals surface area contributed by atoms with E-state index in [9.17, 15) is 19.8 Å². The minimum atomic E-state index is -1.99. The van der Waals surface area contributed by atoms with Crippen molar-refractivity contribution in [1.82, 2.24) is 0 Å². The van der Waals surface area contributed by atoms with Gasteiger partial charge in [-0.05, 0) is 25.7 Å². The van der Waals surface area contributed by atoms with Gasteiger partial charge in [0.25, 0.3) is 0 Å². The van der Waals surface area contributed by atoms with E-state index in [1.807, 2.05) is 0 Å².